The summed E-state index contributed by atoms with van der Waals surface area (Å²) in [4.78, 5) is 11.6. The molecule has 2 nitrogen and oxygen atoms in total. The van der Waals surface area contributed by atoms with Gasteiger partial charge in [0.25, 0.3) is 0 Å². The van der Waals surface area contributed by atoms with Crippen molar-refractivity contribution in [2.75, 3.05) is 0 Å². The van der Waals surface area contributed by atoms with Gasteiger partial charge < -0.3 is 4.74 Å². The first-order valence-corrected chi connectivity index (χ1v) is 7.37. The Labute approximate surface area is 133 Å². The van der Waals surface area contributed by atoms with Crippen LogP contribution in [0.4, 0.5) is 0 Å². The molecule has 0 saturated carbocycles. The Kier molecular flexibility index (Phi) is 4.66. The van der Waals surface area contributed by atoms with Crippen LogP contribution in [0.3, 0.4) is 0 Å². The fourth-order valence-electron chi connectivity index (χ4n) is 1.54. The number of carbonyl (C=O) groups is 1. The SMILES string of the molecule is CC(=O)c1cc(Br)ccc1Oc1ccc(Br)cc1Cl. The van der Waals surface area contributed by atoms with Crippen LogP contribution in [0.2, 0.25) is 5.02 Å². The lowest BCUT2D eigenvalue weighted by Gasteiger charge is -2.11. The second kappa shape index (κ2) is 6.07. The van der Waals surface area contributed by atoms with E-state index in [2.05, 4.69) is 31.9 Å². The summed E-state index contributed by atoms with van der Waals surface area (Å²) in [5.41, 5.74) is 0.508. The van der Waals surface area contributed by atoms with Crippen molar-refractivity contribution >= 4 is 49.2 Å². The van der Waals surface area contributed by atoms with E-state index < -0.39 is 0 Å². The average Bonchev–Trinajstić information content (AvgIpc) is 2.34. The summed E-state index contributed by atoms with van der Waals surface area (Å²) in [7, 11) is 0. The number of ether oxygens (including phenoxy) is 1. The first kappa shape index (κ1) is 14.6. The molecular formula is C14H9Br2ClO2. The average molecular weight is 404 g/mol. The Balaban J connectivity index is 2.40. The van der Waals surface area contributed by atoms with Crippen molar-refractivity contribution in [3.63, 3.8) is 0 Å². The van der Waals surface area contributed by atoms with E-state index in [4.69, 9.17) is 16.3 Å². The van der Waals surface area contributed by atoms with E-state index in [9.17, 15) is 4.79 Å². The van der Waals surface area contributed by atoms with Gasteiger partial charge >= 0.3 is 0 Å². The summed E-state index contributed by atoms with van der Waals surface area (Å²) in [6, 6.07) is 10.6. The van der Waals surface area contributed by atoms with Crippen LogP contribution in [0.1, 0.15) is 17.3 Å². The van der Waals surface area contributed by atoms with Crippen LogP contribution in [0.5, 0.6) is 11.5 Å². The first-order chi connectivity index (χ1) is 8.97. The van der Waals surface area contributed by atoms with Gasteiger partial charge in [0.15, 0.2) is 5.78 Å². The van der Waals surface area contributed by atoms with Gasteiger partial charge in [0.05, 0.1) is 10.6 Å². The van der Waals surface area contributed by atoms with Crippen molar-refractivity contribution in [1.29, 1.82) is 0 Å². The third-order valence-corrected chi connectivity index (χ3v) is 3.72. The molecule has 0 aromatic heterocycles. The van der Waals surface area contributed by atoms with E-state index in [0.29, 0.717) is 22.1 Å². The quantitative estimate of drug-likeness (QED) is 0.599. The van der Waals surface area contributed by atoms with E-state index in [-0.39, 0.29) is 5.78 Å². The molecule has 2 aromatic carbocycles. The van der Waals surface area contributed by atoms with Crippen molar-refractivity contribution in [3.05, 3.63) is 55.9 Å². The van der Waals surface area contributed by atoms with Crippen LogP contribution in [-0.2, 0) is 0 Å². The number of hydrogen-bond acceptors (Lipinski definition) is 2. The molecule has 0 amide bonds. The van der Waals surface area contributed by atoms with Crippen molar-refractivity contribution in [2.24, 2.45) is 0 Å². The predicted octanol–water partition coefficient (Wildman–Crippen LogP) is 5.86. The Morgan fingerprint density at radius 3 is 2.21 bits per heavy atom. The Morgan fingerprint density at radius 1 is 1.05 bits per heavy atom. The van der Waals surface area contributed by atoms with Crippen molar-refractivity contribution in [3.8, 4) is 11.5 Å². The number of ketones is 1. The van der Waals surface area contributed by atoms with Gasteiger partial charge in [-0.1, -0.05) is 43.5 Å². The standard InChI is InChI=1S/C14H9Br2ClO2/c1-8(18)11-6-9(15)2-4-13(11)19-14-5-3-10(16)7-12(14)17/h2-7H,1H3. The largest absolute Gasteiger partial charge is 0.455 e. The lowest BCUT2D eigenvalue weighted by Crippen LogP contribution is -1.97. The molecule has 0 aliphatic carbocycles. The number of Topliss-reactive ketones (excluding diaryl/α,β-unsaturated/α-hetero) is 1. The Morgan fingerprint density at radius 2 is 1.63 bits per heavy atom. The van der Waals surface area contributed by atoms with E-state index in [0.717, 1.165) is 8.95 Å². The van der Waals surface area contributed by atoms with Gasteiger partial charge in [0.2, 0.25) is 0 Å². The third kappa shape index (κ3) is 3.59. The van der Waals surface area contributed by atoms with Crippen LogP contribution in [-0.4, -0.2) is 5.78 Å². The van der Waals surface area contributed by atoms with Gasteiger partial charge in [-0.3, -0.25) is 4.79 Å². The molecule has 0 heterocycles. The van der Waals surface area contributed by atoms with Crippen molar-refractivity contribution < 1.29 is 9.53 Å². The van der Waals surface area contributed by atoms with Gasteiger partial charge in [-0.15, -0.1) is 0 Å². The van der Waals surface area contributed by atoms with E-state index in [1.165, 1.54) is 6.92 Å². The van der Waals surface area contributed by atoms with Gasteiger partial charge in [-0.05, 0) is 43.3 Å². The normalized spacial score (nSPS) is 10.3. The molecule has 0 aliphatic rings. The summed E-state index contributed by atoms with van der Waals surface area (Å²) < 4.78 is 7.41. The maximum Gasteiger partial charge on any atom is 0.163 e. The second-order valence-electron chi connectivity index (χ2n) is 3.87. The zero-order valence-electron chi connectivity index (χ0n) is 9.91. The Hall–Kier alpha value is -0.840. The summed E-state index contributed by atoms with van der Waals surface area (Å²) in [6.45, 7) is 1.50. The van der Waals surface area contributed by atoms with E-state index in [1.807, 2.05) is 12.1 Å². The molecule has 2 rings (SSSR count). The maximum absolute atomic E-state index is 11.6. The highest BCUT2D eigenvalue weighted by atomic mass is 79.9. The summed E-state index contributed by atoms with van der Waals surface area (Å²) in [5.74, 6) is 0.930. The molecule has 0 aliphatic heterocycles. The number of benzene rings is 2. The molecule has 0 bridgehead atoms. The van der Waals surface area contributed by atoms with Crippen LogP contribution < -0.4 is 4.74 Å². The fourth-order valence-corrected chi connectivity index (χ4v) is 2.62. The van der Waals surface area contributed by atoms with Gasteiger partial charge in [0, 0.05) is 8.95 Å². The molecular weight excluding hydrogens is 395 g/mol. The zero-order chi connectivity index (χ0) is 14.0. The third-order valence-electron chi connectivity index (χ3n) is 2.43. The van der Waals surface area contributed by atoms with Crippen molar-refractivity contribution in [1.82, 2.24) is 0 Å². The first-order valence-electron chi connectivity index (χ1n) is 5.41. The van der Waals surface area contributed by atoms with E-state index >= 15 is 0 Å². The molecule has 98 valence electrons. The molecule has 0 atom stereocenters. The van der Waals surface area contributed by atoms with Crippen LogP contribution in [0.15, 0.2) is 45.3 Å². The predicted molar refractivity (Wildman–Crippen MR) is 83.4 cm³/mol. The smallest absolute Gasteiger partial charge is 0.163 e. The minimum atomic E-state index is -0.0652. The lowest BCUT2D eigenvalue weighted by atomic mass is 10.1. The van der Waals surface area contributed by atoms with Crippen LogP contribution in [0, 0.1) is 0 Å². The minimum absolute atomic E-state index is 0.0652. The van der Waals surface area contributed by atoms with Crippen molar-refractivity contribution in [2.45, 2.75) is 6.92 Å². The number of halogens is 3. The number of rotatable bonds is 3. The van der Waals surface area contributed by atoms with Gasteiger partial charge in [-0.25, -0.2) is 0 Å². The lowest BCUT2D eigenvalue weighted by molar-refractivity contribution is 0.101. The molecule has 0 unspecified atom stereocenters. The highest BCUT2D eigenvalue weighted by Crippen LogP contribution is 2.34. The van der Waals surface area contributed by atoms with Crippen LogP contribution in [0.25, 0.3) is 0 Å². The topological polar surface area (TPSA) is 26.3 Å². The van der Waals surface area contributed by atoms with Gasteiger partial charge in [-0.2, -0.15) is 0 Å². The molecule has 5 heteroatoms. The fraction of sp³-hybridized carbons (Fsp3) is 0.0714. The molecule has 2 aromatic rings. The molecule has 0 fully saturated rings. The summed E-state index contributed by atoms with van der Waals surface area (Å²) >= 11 is 12.8. The minimum Gasteiger partial charge on any atom is -0.455 e. The summed E-state index contributed by atoms with van der Waals surface area (Å²) in [5, 5.41) is 0.479. The van der Waals surface area contributed by atoms with E-state index in [1.54, 1.807) is 24.3 Å². The highest BCUT2D eigenvalue weighted by molar-refractivity contribution is 9.10. The molecule has 19 heavy (non-hydrogen) atoms. The number of hydrogen-bond donors (Lipinski definition) is 0. The zero-order valence-corrected chi connectivity index (χ0v) is 13.8. The molecule has 0 saturated heterocycles. The monoisotopic (exact) mass is 402 g/mol. The number of carbonyl (C=O) groups excluding carboxylic acids is 1. The van der Waals surface area contributed by atoms with Crippen LogP contribution >= 0.6 is 43.5 Å². The Bertz CT molecular complexity index is 641. The second-order valence-corrected chi connectivity index (χ2v) is 6.11. The molecule has 0 N–H and O–H groups in total. The van der Waals surface area contributed by atoms with Gasteiger partial charge in [0.1, 0.15) is 11.5 Å². The molecule has 0 radical (unpaired) electrons. The maximum atomic E-state index is 11.6. The highest BCUT2D eigenvalue weighted by Gasteiger charge is 2.12. The molecule has 0 spiro atoms. The summed E-state index contributed by atoms with van der Waals surface area (Å²) in [6.07, 6.45) is 0.